The summed E-state index contributed by atoms with van der Waals surface area (Å²) in [4.78, 5) is 35.9. The minimum absolute atomic E-state index is 0.110. The molecule has 0 bridgehead atoms. The molecule has 1 aromatic carbocycles. The Kier molecular flexibility index (Phi) is 7.19. The van der Waals surface area contributed by atoms with Gasteiger partial charge in [0.2, 0.25) is 11.8 Å². The van der Waals surface area contributed by atoms with E-state index >= 15 is 0 Å². The molecule has 8 heteroatoms. The summed E-state index contributed by atoms with van der Waals surface area (Å²) in [5.41, 5.74) is 1.03. The van der Waals surface area contributed by atoms with E-state index in [1.54, 1.807) is 6.92 Å². The standard InChI is InChI=1S/C24H34N6O2/c1-18-25-24(27-26-18)22-10-11-28(17-21-8-12-29(13-9-21)19(2)31)14-15-30(22)23(32)16-20-6-4-3-5-7-20/h3-7,21-22H,8-17H2,1-2H3,(H,25,26,27). The van der Waals surface area contributed by atoms with E-state index < -0.39 is 0 Å². The number of aromatic nitrogens is 3. The monoisotopic (exact) mass is 438 g/mol. The van der Waals surface area contributed by atoms with Crippen LogP contribution in [0.15, 0.2) is 30.3 Å². The molecule has 2 aromatic rings. The van der Waals surface area contributed by atoms with E-state index in [4.69, 9.17) is 0 Å². The van der Waals surface area contributed by atoms with Crippen LogP contribution in [0.1, 0.15) is 49.4 Å². The van der Waals surface area contributed by atoms with Gasteiger partial charge in [0, 0.05) is 46.2 Å². The quantitative estimate of drug-likeness (QED) is 0.774. The van der Waals surface area contributed by atoms with Gasteiger partial charge in [-0.1, -0.05) is 30.3 Å². The summed E-state index contributed by atoms with van der Waals surface area (Å²) < 4.78 is 0. The molecule has 2 amide bonds. The molecule has 1 atom stereocenters. The molecule has 1 aromatic heterocycles. The number of hydrogen-bond donors (Lipinski definition) is 1. The van der Waals surface area contributed by atoms with Crippen LogP contribution in [0, 0.1) is 12.8 Å². The Bertz CT molecular complexity index is 906. The predicted octanol–water partition coefficient (Wildman–Crippen LogP) is 2.19. The van der Waals surface area contributed by atoms with Gasteiger partial charge in [0.15, 0.2) is 5.82 Å². The molecule has 0 aliphatic carbocycles. The molecule has 2 fully saturated rings. The summed E-state index contributed by atoms with van der Waals surface area (Å²) in [6.45, 7) is 8.73. The lowest BCUT2D eigenvalue weighted by molar-refractivity contribution is -0.133. The molecule has 2 aliphatic rings. The number of H-pyrrole nitrogens is 1. The fourth-order valence-electron chi connectivity index (χ4n) is 4.90. The second-order valence-corrected chi connectivity index (χ2v) is 9.08. The lowest BCUT2D eigenvalue weighted by Gasteiger charge is -2.34. The van der Waals surface area contributed by atoms with Gasteiger partial charge < -0.3 is 14.7 Å². The largest absolute Gasteiger partial charge is 0.343 e. The molecule has 1 N–H and O–H groups in total. The van der Waals surface area contributed by atoms with Gasteiger partial charge in [-0.15, -0.1) is 0 Å². The van der Waals surface area contributed by atoms with Crippen molar-refractivity contribution < 1.29 is 9.59 Å². The van der Waals surface area contributed by atoms with Crippen molar-refractivity contribution in [3.8, 4) is 0 Å². The molecular weight excluding hydrogens is 404 g/mol. The number of aromatic amines is 1. The highest BCUT2D eigenvalue weighted by Gasteiger charge is 2.32. The molecule has 4 rings (SSSR count). The summed E-state index contributed by atoms with van der Waals surface area (Å²) in [5.74, 6) is 2.38. The van der Waals surface area contributed by atoms with E-state index in [0.29, 0.717) is 24.7 Å². The normalized spacial score (nSPS) is 20.9. The third-order valence-corrected chi connectivity index (χ3v) is 6.76. The lowest BCUT2D eigenvalue weighted by atomic mass is 9.96. The lowest BCUT2D eigenvalue weighted by Crippen LogP contribution is -2.42. The van der Waals surface area contributed by atoms with Crippen LogP contribution in [-0.4, -0.2) is 81.0 Å². The first-order valence-electron chi connectivity index (χ1n) is 11.7. The first kappa shape index (κ1) is 22.5. The molecule has 8 nitrogen and oxygen atoms in total. The number of hydrogen-bond acceptors (Lipinski definition) is 5. The Morgan fingerprint density at radius 3 is 2.44 bits per heavy atom. The smallest absolute Gasteiger partial charge is 0.227 e. The molecule has 3 heterocycles. The molecule has 172 valence electrons. The van der Waals surface area contributed by atoms with Gasteiger partial charge in [-0.25, -0.2) is 4.98 Å². The van der Waals surface area contributed by atoms with Gasteiger partial charge in [-0.2, -0.15) is 5.10 Å². The van der Waals surface area contributed by atoms with Gasteiger partial charge in [0.1, 0.15) is 5.82 Å². The fraction of sp³-hybridized carbons (Fsp3) is 0.583. The zero-order chi connectivity index (χ0) is 22.5. The maximum absolute atomic E-state index is 13.3. The first-order chi connectivity index (χ1) is 15.5. The predicted molar refractivity (Wildman–Crippen MR) is 122 cm³/mol. The maximum atomic E-state index is 13.3. The summed E-state index contributed by atoms with van der Waals surface area (Å²) in [5, 5.41) is 7.34. The second kappa shape index (κ2) is 10.3. The first-order valence-corrected chi connectivity index (χ1v) is 11.7. The zero-order valence-electron chi connectivity index (χ0n) is 19.2. The van der Waals surface area contributed by atoms with Crippen LogP contribution in [0.25, 0.3) is 0 Å². The molecule has 1 unspecified atom stereocenters. The number of likely N-dealkylation sites (tertiary alicyclic amines) is 1. The highest BCUT2D eigenvalue weighted by molar-refractivity contribution is 5.79. The summed E-state index contributed by atoms with van der Waals surface area (Å²) in [6, 6.07) is 9.81. The zero-order valence-corrected chi connectivity index (χ0v) is 19.2. The molecular formula is C24H34N6O2. The van der Waals surface area contributed by atoms with Crippen LogP contribution < -0.4 is 0 Å². The number of nitrogens with zero attached hydrogens (tertiary/aromatic N) is 5. The van der Waals surface area contributed by atoms with Crippen LogP contribution in [0.4, 0.5) is 0 Å². The molecule has 2 aliphatic heterocycles. The van der Waals surface area contributed by atoms with Crippen molar-refractivity contribution in [1.82, 2.24) is 29.9 Å². The Labute approximate surface area is 190 Å². The number of amides is 2. The van der Waals surface area contributed by atoms with Gasteiger partial charge in [-0.05, 0) is 37.7 Å². The molecule has 0 radical (unpaired) electrons. The SMILES string of the molecule is CC(=O)N1CCC(CN2CCC(c3n[nH]c(C)n3)N(C(=O)Cc3ccccc3)CC2)CC1. The number of piperidine rings is 1. The number of carbonyl (C=O) groups is 2. The topological polar surface area (TPSA) is 85.4 Å². The minimum atomic E-state index is -0.110. The number of nitrogens with one attached hydrogen (secondary N) is 1. The van der Waals surface area contributed by atoms with E-state index in [-0.39, 0.29) is 17.9 Å². The number of rotatable bonds is 5. The Balaban J connectivity index is 1.42. The van der Waals surface area contributed by atoms with Crippen molar-refractivity contribution in [2.24, 2.45) is 5.92 Å². The number of carbonyl (C=O) groups excluding carboxylic acids is 2. The van der Waals surface area contributed by atoms with Crippen LogP contribution in [0.3, 0.4) is 0 Å². The highest BCUT2D eigenvalue weighted by atomic mass is 16.2. The van der Waals surface area contributed by atoms with Gasteiger partial charge in [0.25, 0.3) is 0 Å². The van der Waals surface area contributed by atoms with E-state index in [2.05, 4.69) is 20.1 Å². The minimum Gasteiger partial charge on any atom is -0.343 e. The van der Waals surface area contributed by atoms with E-state index in [0.717, 1.165) is 63.4 Å². The third kappa shape index (κ3) is 5.54. The average molecular weight is 439 g/mol. The third-order valence-electron chi connectivity index (χ3n) is 6.76. The van der Waals surface area contributed by atoms with E-state index in [1.165, 1.54) is 0 Å². The van der Waals surface area contributed by atoms with Crippen molar-refractivity contribution in [1.29, 1.82) is 0 Å². The van der Waals surface area contributed by atoms with E-state index in [9.17, 15) is 9.59 Å². The molecule has 0 saturated carbocycles. The van der Waals surface area contributed by atoms with Crippen LogP contribution in [-0.2, 0) is 16.0 Å². The highest BCUT2D eigenvalue weighted by Crippen LogP contribution is 2.27. The Hall–Kier alpha value is -2.74. The van der Waals surface area contributed by atoms with Gasteiger partial charge in [-0.3, -0.25) is 14.7 Å². The summed E-state index contributed by atoms with van der Waals surface area (Å²) >= 11 is 0. The van der Waals surface area contributed by atoms with Crippen molar-refractivity contribution in [2.45, 2.75) is 45.6 Å². The number of aryl methyl sites for hydroxylation is 1. The van der Waals surface area contributed by atoms with Crippen LogP contribution >= 0.6 is 0 Å². The van der Waals surface area contributed by atoms with Crippen molar-refractivity contribution >= 4 is 11.8 Å². The Morgan fingerprint density at radius 1 is 1.03 bits per heavy atom. The van der Waals surface area contributed by atoms with Crippen molar-refractivity contribution in [3.05, 3.63) is 47.5 Å². The number of benzene rings is 1. The van der Waals surface area contributed by atoms with Gasteiger partial charge >= 0.3 is 0 Å². The van der Waals surface area contributed by atoms with Crippen molar-refractivity contribution in [3.63, 3.8) is 0 Å². The Morgan fingerprint density at radius 2 is 1.78 bits per heavy atom. The van der Waals surface area contributed by atoms with Crippen molar-refractivity contribution in [2.75, 3.05) is 39.3 Å². The van der Waals surface area contributed by atoms with Crippen LogP contribution in [0.5, 0.6) is 0 Å². The summed E-state index contributed by atoms with van der Waals surface area (Å²) in [7, 11) is 0. The maximum Gasteiger partial charge on any atom is 0.227 e. The molecule has 32 heavy (non-hydrogen) atoms. The van der Waals surface area contributed by atoms with E-state index in [1.807, 2.05) is 47.1 Å². The molecule has 0 spiro atoms. The molecule has 2 saturated heterocycles. The van der Waals surface area contributed by atoms with Gasteiger partial charge in [0.05, 0.1) is 12.5 Å². The van der Waals surface area contributed by atoms with Crippen LogP contribution in [0.2, 0.25) is 0 Å². The summed E-state index contributed by atoms with van der Waals surface area (Å²) in [6.07, 6.45) is 3.32. The fourth-order valence-corrected chi connectivity index (χ4v) is 4.90. The second-order valence-electron chi connectivity index (χ2n) is 9.08. The average Bonchev–Trinajstić information content (AvgIpc) is 3.11.